The molecule has 0 spiro atoms. The van der Waals surface area contributed by atoms with Crippen LogP contribution in [0.4, 0.5) is 5.69 Å². The van der Waals surface area contributed by atoms with Crippen LogP contribution in [0.1, 0.15) is 10.9 Å². The highest BCUT2D eigenvalue weighted by Crippen LogP contribution is 2.24. The second kappa shape index (κ2) is 4.80. The molecule has 4 nitrogen and oxygen atoms in total. The SMILES string of the molecule is Nc1ccc(C(N)S(=O)(=O)c2ccccc2)cc1. The van der Waals surface area contributed by atoms with Crippen LogP contribution in [0.3, 0.4) is 0 Å². The van der Waals surface area contributed by atoms with Crippen molar-refractivity contribution in [2.75, 3.05) is 5.73 Å². The fourth-order valence-electron chi connectivity index (χ4n) is 1.62. The molecule has 1 atom stereocenters. The summed E-state index contributed by atoms with van der Waals surface area (Å²) in [6, 6.07) is 14.7. The third-order valence-electron chi connectivity index (χ3n) is 2.67. The summed E-state index contributed by atoms with van der Waals surface area (Å²) in [6.45, 7) is 0. The van der Waals surface area contributed by atoms with Crippen molar-refractivity contribution in [2.24, 2.45) is 5.73 Å². The van der Waals surface area contributed by atoms with Crippen LogP contribution < -0.4 is 11.5 Å². The van der Waals surface area contributed by atoms with Crippen molar-refractivity contribution in [3.05, 3.63) is 60.2 Å². The van der Waals surface area contributed by atoms with Gasteiger partial charge in [0.05, 0.1) is 4.90 Å². The molecule has 1 unspecified atom stereocenters. The molecule has 0 heterocycles. The van der Waals surface area contributed by atoms with Crippen LogP contribution >= 0.6 is 0 Å². The predicted octanol–water partition coefficient (Wildman–Crippen LogP) is 1.70. The number of hydrogen-bond donors (Lipinski definition) is 2. The highest BCUT2D eigenvalue weighted by molar-refractivity contribution is 7.91. The number of sulfone groups is 1. The first-order valence-corrected chi connectivity index (χ1v) is 6.96. The summed E-state index contributed by atoms with van der Waals surface area (Å²) in [5.74, 6) is 0. The fraction of sp³-hybridized carbons (Fsp3) is 0.0769. The van der Waals surface area contributed by atoms with Crippen LogP contribution in [0.5, 0.6) is 0 Å². The Balaban J connectivity index is 2.39. The standard InChI is InChI=1S/C13H14N2O2S/c14-11-8-6-10(7-9-11)13(15)18(16,17)12-4-2-1-3-5-12/h1-9,13H,14-15H2. The second-order valence-corrected chi connectivity index (χ2v) is 6.01. The fourth-order valence-corrected chi connectivity index (χ4v) is 2.97. The van der Waals surface area contributed by atoms with E-state index in [1.165, 1.54) is 12.1 Å². The zero-order valence-electron chi connectivity index (χ0n) is 9.65. The number of rotatable bonds is 3. The summed E-state index contributed by atoms with van der Waals surface area (Å²) in [6.07, 6.45) is 0. The zero-order valence-corrected chi connectivity index (χ0v) is 10.5. The quantitative estimate of drug-likeness (QED) is 0.824. The lowest BCUT2D eigenvalue weighted by Crippen LogP contribution is -2.21. The lowest BCUT2D eigenvalue weighted by molar-refractivity contribution is 0.584. The van der Waals surface area contributed by atoms with Crippen LogP contribution in [-0.4, -0.2) is 8.42 Å². The summed E-state index contributed by atoms with van der Waals surface area (Å²) in [5, 5.41) is -1.08. The van der Waals surface area contributed by atoms with Crippen molar-refractivity contribution >= 4 is 15.5 Å². The molecule has 0 aliphatic carbocycles. The van der Waals surface area contributed by atoms with Gasteiger partial charge in [0, 0.05) is 5.69 Å². The molecule has 2 aromatic rings. The smallest absolute Gasteiger partial charge is 0.198 e. The molecule has 0 fully saturated rings. The Morgan fingerprint density at radius 3 is 2.00 bits per heavy atom. The number of nitrogens with two attached hydrogens (primary N) is 2. The summed E-state index contributed by atoms with van der Waals surface area (Å²) in [5.41, 5.74) is 12.5. The van der Waals surface area contributed by atoms with E-state index in [2.05, 4.69) is 0 Å². The number of nitrogen functional groups attached to an aromatic ring is 1. The first-order chi connectivity index (χ1) is 8.51. The minimum absolute atomic E-state index is 0.217. The molecule has 0 aliphatic heterocycles. The maximum atomic E-state index is 12.3. The van der Waals surface area contributed by atoms with E-state index in [4.69, 9.17) is 11.5 Å². The largest absolute Gasteiger partial charge is 0.399 e. The number of anilines is 1. The van der Waals surface area contributed by atoms with Gasteiger partial charge < -0.3 is 11.5 Å². The molecule has 0 radical (unpaired) electrons. The molecule has 2 rings (SSSR count). The Morgan fingerprint density at radius 2 is 1.44 bits per heavy atom. The summed E-state index contributed by atoms with van der Waals surface area (Å²) < 4.78 is 24.5. The molecule has 0 saturated carbocycles. The van der Waals surface area contributed by atoms with E-state index in [9.17, 15) is 8.42 Å². The van der Waals surface area contributed by atoms with E-state index in [0.29, 0.717) is 11.3 Å². The third-order valence-corrected chi connectivity index (χ3v) is 4.54. The van der Waals surface area contributed by atoms with Gasteiger partial charge in [0.2, 0.25) is 0 Å². The Bertz CT molecular complexity index is 622. The molecule has 94 valence electrons. The van der Waals surface area contributed by atoms with Crippen LogP contribution in [0.2, 0.25) is 0 Å². The van der Waals surface area contributed by atoms with Crippen LogP contribution in [0, 0.1) is 0 Å². The minimum Gasteiger partial charge on any atom is -0.399 e. The molecular weight excluding hydrogens is 248 g/mol. The van der Waals surface area contributed by atoms with Crippen molar-refractivity contribution in [1.82, 2.24) is 0 Å². The van der Waals surface area contributed by atoms with Crippen molar-refractivity contribution in [1.29, 1.82) is 0 Å². The highest BCUT2D eigenvalue weighted by atomic mass is 32.2. The van der Waals surface area contributed by atoms with Gasteiger partial charge in [-0.05, 0) is 29.8 Å². The Labute approximate surface area is 106 Å². The molecule has 5 heteroatoms. The van der Waals surface area contributed by atoms with Gasteiger partial charge in [-0.2, -0.15) is 0 Å². The average molecular weight is 262 g/mol. The van der Waals surface area contributed by atoms with Crippen molar-refractivity contribution in [2.45, 2.75) is 10.3 Å². The Morgan fingerprint density at radius 1 is 0.889 bits per heavy atom. The van der Waals surface area contributed by atoms with Crippen LogP contribution in [0.25, 0.3) is 0 Å². The molecule has 4 N–H and O–H groups in total. The molecule has 0 aliphatic rings. The molecular formula is C13H14N2O2S. The maximum absolute atomic E-state index is 12.3. The van der Waals surface area contributed by atoms with E-state index in [1.807, 2.05) is 0 Å². The van der Waals surface area contributed by atoms with Gasteiger partial charge >= 0.3 is 0 Å². The topological polar surface area (TPSA) is 86.2 Å². The minimum atomic E-state index is -3.57. The highest BCUT2D eigenvalue weighted by Gasteiger charge is 2.24. The molecule has 0 bridgehead atoms. The average Bonchev–Trinajstić information content (AvgIpc) is 2.40. The Hall–Kier alpha value is -1.85. The van der Waals surface area contributed by atoms with Gasteiger partial charge in [0.25, 0.3) is 0 Å². The lowest BCUT2D eigenvalue weighted by Gasteiger charge is -2.13. The first kappa shape index (κ1) is 12.6. The lowest BCUT2D eigenvalue weighted by atomic mass is 10.2. The van der Waals surface area contributed by atoms with E-state index in [0.717, 1.165) is 0 Å². The summed E-state index contributed by atoms with van der Waals surface area (Å²) in [7, 11) is -3.57. The van der Waals surface area contributed by atoms with Gasteiger partial charge in [-0.25, -0.2) is 8.42 Å². The van der Waals surface area contributed by atoms with E-state index >= 15 is 0 Å². The van der Waals surface area contributed by atoms with E-state index in [-0.39, 0.29) is 4.90 Å². The van der Waals surface area contributed by atoms with Gasteiger partial charge in [-0.3, -0.25) is 0 Å². The molecule has 0 saturated heterocycles. The van der Waals surface area contributed by atoms with Crippen LogP contribution in [0.15, 0.2) is 59.5 Å². The summed E-state index contributed by atoms with van der Waals surface area (Å²) in [4.78, 5) is 0.217. The molecule has 18 heavy (non-hydrogen) atoms. The van der Waals surface area contributed by atoms with Crippen molar-refractivity contribution < 1.29 is 8.42 Å². The zero-order chi connectivity index (χ0) is 13.2. The van der Waals surface area contributed by atoms with Gasteiger partial charge in [0.15, 0.2) is 9.84 Å². The summed E-state index contributed by atoms with van der Waals surface area (Å²) >= 11 is 0. The molecule has 0 aromatic heterocycles. The van der Waals surface area contributed by atoms with Gasteiger partial charge in [0.1, 0.15) is 5.37 Å². The Kier molecular flexibility index (Phi) is 3.36. The van der Waals surface area contributed by atoms with E-state index < -0.39 is 15.2 Å². The predicted molar refractivity (Wildman–Crippen MR) is 71.4 cm³/mol. The van der Waals surface area contributed by atoms with E-state index in [1.54, 1.807) is 42.5 Å². The van der Waals surface area contributed by atoms with Gasteiger partial charge in [-0.15, -0.1) is 0 Å². The maximum Gasteiger partial charge on any atom is 0.198 e. The molecule has 0 amide bonds. The van der Waals surface area contributed by atoms with Gasteiger partial charge in [-0.1, -0.05) is 30.3 Å². The first-order valence-electron chi connectivity index (χ1n) is 5.42. The second-order valence-electron chi connectivity index (χ2n) is 3.95. The van der Waals surface area contributed by atoms with Crippen molar-refractivity contribution in [3.63, 3.8) is 0 Å². The van der Waals surface area contributed by atoms with Crippen molar-refractivity contribution in [3.8, 4) is 0 Å². The number of hydrogen-bond acceptors (Lipinski definition) is 4. The monoisotopic (exact) mass is 262 g/mol. The van der Waals surface area contributed by atoms with Crippen LogP contribution in [-0.2, 0) is 9.84 Å². The number of benzene rings is 2. The normalized spacial score (nSPS) is 13.2. The third kappa shape index (κ3) is 2.37. The molecule has 2 aromatic carbocycles.